The Morgan fingerprint density at radius 2 is 2.26 bits per heavy atom. The first-order valence-electron chi connectivity index (χ1n) is 6.59. The van der Waals surface area contributed by atoms with Crippen molar-refractivity contribution in [1.82, 2.24) is 14.9 Å². The van der Waals surface area contributed by atoms with E-state index in [1.165, 1.54) is 5.56 Å². The molecule has 0 bridgehead atoms. The molecule has 0 amide bonds. The number of likely N-dealkylation sites (N-methyl/N-ethyl adjacent to an activating group) is 1. The molecule has 0 aliphatic heterocycles. The van der Waals surface area contributed by atoms with E-state index >= 15 is 0 Å². The van der Waals surface area contributed by atoms with Crippen LogP contribution in [0.2, 0.25) is 0 Å². The zero-order chi connectivity index (χ0) is 13.7. The van der Waals surface area contributed by atoms with Gasteiger partial charge < -0.3 is 14.6 Å². The van der Waals surface area contributed by atoms with Crippen molar-refractivity contribution in [3.63, 3.8) is 0 Å². The third kappa shape index (κ3) is 3.15. The molecule has 0 saturated heterocycles. The molecular formula is C15H21N3O. The van der Waals surface area contributed by atoms with Gasteiger partial charge in [0.1, 0.15) is 11.6 Å². The van der Waals surface area contributed by atoms with Crippen LogP contribution >= 0.6 is 0 Å². The predicted molar refractivity (Wildman–Crippen MR) is 76.4 cm³/mol. The maximum Gasteiger partial charge on any atom is 0.126 e. The molecule has 0 fully saturated rings. The number of ether oxygens (including phenoxy) is 1. The SMILES string of the molecule is CCn1ccnc1C(Cc1cccc(OC)c1)NC. The normalized spacial score (nSPS) is 12.4. The van der Waals surface area contributed by atoms with Crippen LogP contribution in [-0.4, -0.2) is 23.7 Å². The lowest BCUT2D eigenvalue weighted by atomic mass is 10.1. The average molecular weight is 259 g/mol. The Balaban J connectivity index is 2.19. The van der Waals surface area contributed by atoms with E-state index in [0.717, 1.165) is 24.5 Å². The van der Waals surface area contributed by atoms with E-state index in [4.69, 9.17) is 4.74 Å². The Kier molecular flexibility index (Phi) is 4.58. The van der Waals surface area contributed by atoms with Gasteiger partial charge in [0.05, 0.1) is 13.2 Å². The summed E-state index contributed by atoms with van der Waals surface area (Å²) in [6.45, 7) is 3.06. The van der Waals surface area contributed by atoms with Crippen LogP contribution in [0.3, 0.4) is 0 Å². The summed E-state index contributed by atoms with van der Waals surface area (Å²) in [4.78, 5) is 4.47. The maximum atomic E-state index is 5.26. The van der Waals surface area contributed by atoms with Gasteiger partial charge >= 0.3 is 0 Å². The molecule has 102 valence electrons. The van der Waals surface area contributed by atoms with Crippen molar-refractivity contribution in [1.29, 1.82) is 0 Å². The molecule has 2 aromatic rings. The summed E-state index contributed by atoms with van der Waals surface area (Å²) < 4.78 is 7.43. The molecule has 1 heterocycles. The van der Waals surface area contributed by atoms with E-state index in [1.54, 1.807) is 7.11 Å². The molecule has 0 aliphatic carbocycles. The number of methoxy groups -OCH3 is 1. The summed E-state index contributed by atoms with van der Waals surface area (Å²) in [5, 5.41) is 3.34. The van der Waals surface area contributed by atoms with E-state index < -0.39 is 0 Å². The van der Waals surface area contributed by atoms with E-state index in [9.17, 15) is 0 Å². The number of aryl methyl sites for hydroxylation is 1. The Morgan fingerprint density at radius 1 is 1.42 bits per heavy atom. The molecule has 2 rings (SSSR count). The summed E-state index contributed by atoms with van der Waals surface area (Å²) in [7, 11) is 3.66. The zero-order valence-corrected chi connectivity index (χ0v) is 11.8. The van der Waals surface area contributed by atoms with Gasteiger partial charge in [-0.3, -0.25) is 0 Å². The number of hydrogen-bond donors (Lipinski definition) is 1. The van der Waals surface area contributed by atoms with Crippen molar-refractivity contribution in [2.45, 2.75) is 25.9 Å². The lowest BCUT2D eigenvalue weighted by Gasteiger charge is -2.17. The van der Waals surface area contributed by atoms with Crippen LogP contribution in [0.1, 0.15) is 24.4 Å². The first kappa shape index (κ1) is 13.6. The Bertz CT molecular complexity index is 522. The van der Waals surface area contributed by atoms with E-state index in [2.05, 4.69) is 33.9 Å². The van der Waals surface area contributed by atoms with Crippen LogP contribution in [0.5, 0.6) is 5.75 Å². The van der Waals surface area contributed by atoms with Crippen molar-refractivity contribution >= 4 is 0 Å². The highest BCUT2D eigenvalue weighted by molar-refractivity contribution is 5.29. The molecule has 1 aromatic carbocycles. The van der Waals surface area contributed by atoms with Crippen LogP contribution < -0.4 is 10.1 Å². The van der Waals surface area contributed by atoms with Crippen LogP contribution in [-0.2, 0) is 13.0 Å². The molecule has 1 atom stereocenters. The van der Waals surface area contributed by atoms with Gasteiger partial charge in [-0.2, -0.15) is 0 Å². The van der Waals surface area contributed by atoms with Crippen molar-refractivity contribution in [3.8, 4) is 5.75 Å². The largest absolute Gasteiger partial charge is 0.497 e. The maximum absolute atomic E-state index is 5.26. The van der Waals surface area contributed by atoms with Crippen molar-refractivity contribution < 1.29 is 4.74 Å². The van der Waals surface area contributed by atoms with Crippen LogP contribution in [0.4, 0.5) is 0 Å². The van der Waals surface area contributed by atoms with Crippen LogP contribution in [0.25, 0.3) is 0 Å². The van der Waals surface area contributed by atoms with Crippen LogP contribution in [0, 0.1) is 0 Å². The van der Waals surface area contributed by atoms with E-state index in [1.807, 2.05) is 31.6 Å². The average Bonchev–Trinajstić information content (AvgIpc) is 2.93. The number of rotatable bonds is 6. The Hall–Kier alpha value is -1.81. The monoisotopic (exact) mass is 259 g/mol. The molecule has 0 saturated carbocycles. The number of benzene rings is 1. The summed E-state index contributed by atoms with van der Waals surface area (Å²) in [6.07, 6.45) is 4.77. The molecule has 1 N–H and O–H groups in total. The lowest BCUT2D eigenvalue weighted by molar-refractivity contribution is 0.413. The number of aromatic nitrogens is 2. The fourth-order valence-corrected chi connectivity index (χ4v) is 2.26. The number of hydrogen-bond acceptors (Lipinski definition) is 3. The molecule has 4 heteroatoms. The molecule has 1 unspecified atom stereocenters. The molecule has 0 radical (unpaired) electrons. The molecule has 0 aliphatic rings. The predicted octanol–water partition coefficient (Wildman–Crippen LogP) is 2.41. The topological polar surface area (TPSA) is 39.1 Å². The molecular weight excluding hydrogens is 238 g/mol. The second kappa shape index (κ2) is 6.38. The summed E-state index contributed by atoms with van der Waals surface area (Å²) in [5.74, 6) is 1.97. The second-order valence-electron chi connectivity index (χ2n) is 4.47. The molecule has 4 nitrogen and oxygen atoms in total. The third-order valence-electron chi connectivity index (χ3n) is 3.32. The minimum atomic E-state index is 0.210. The number of imidazole rings is 1. The first-order chi connectivity index (χ1) is 9.28. The van der Waals surface area contributed by atoms with Gasteiger partial charge in [-0.05, 0) is 38.1 Å². The smallest absolute Gasteiger partial charge is 0.126 e. The molecule has 19 heavy (non-hydrogen) atoms. The lowest BCUT2D eigenvalue weighted by Crippen LogP contribution is -2.22. The van der Waals surface area contributed by atoms with Crippen molar-refractivity contribution in [2.24, 2.45) is 0 Å². The highest BCUT2D eigenvalue weighted by Crippen LogP contribution is 2.20. The standard InChI is InChI=1S/C15H21N3O/c1-4-18-9-8-17-15(18)14(16-2)11-12-6-5-7-13(10-12)19-3/h5-10,14,16H,4,11H2,1-3H3. The minimum absolute atomic E-state index is 0.210. The molecule has 1 aromatic heterocycles. The van der Waals surface area contributed by atoms with Gasteiger partial charge in [0.2, 0.25) is 0 Å². The highest BCUT2D eigenvalue weighted by atomic mass is 16.5. The van der Waals surface area contributed by atoms with Gasteiger partial charge in [-0.1, -0.05) is 12.1 Å². The summed E-state index contributed by atoms with van der Waals surface area (Å²) in [5.41, 5.74) is 1.24. The fraction of sp³-hybridized carbons (Fsp3) is 0.400. The minimum Gasteiger partial charge on any atom is -0.497 e. The summed E-state index contributed by atoms with van der Waals surface area (Å²) in [6, 6.07) is 8.38. The van der Waals surface area contributed by atoms with Gasteiger partial charge in [-0.15, -0.1) is 0 Å². The quantitative estimate of drug-likeness (QED) is 0.866. The third-order valence-corrected chi connectivity index (χ3v) is 3.32. The molecule has 0 spiro atoms. The van der Waals surface area contributed by atoms with E-state index in [-0.39, 0.29) is 6.04 Å². The Morgan fingerprint density at radius 3 is 2.95 bits per heavy atom. The van der Waals surface area contributed by atoms with Gasteiger partial charge in [0, 0.05) is 18.9 Å². The number of nitrogens with one attached hydrogen (secondary N) is 1. The number of nitrogens with zero attached hydrogens (tertiary/aromatic N) is 2. The highest BCUT2D eigenvalue weighted by Gasteiger charge is 2.15. The van der Waals surface area contributed by atoms with Gasteiger partial charge in [-0.25, -0.2) is 4.98 Å². The van der Waals surface area contributed by atoms with Crippen molar-refractivity contribution in [2.75, 3.05) is 14.2 Å². The van der Waals surface area contributed by atoms with Crippen molar-refractivity contribution in [3.05, 3.63) is 48.0 Å². The summed E-state index contributed by atoms with van der Waals surface area (Å²) >= 11 is 0. The second-order valence-corrected chi connectivity index (χ2v) is 4.47. The van der Waals surface area contributed by atoms with Gasteiger partial charge in [0.15, 0.2) is 0 Å². The first-order valence-corrected chi connectivity index (χ1v) is 6.59. The van der Waals surface area contributed by atoms with Crippen LogP contribution in [0.15, 0.2) is 36.7 Å². The van der Waals surface area contributed by atoms with Gasteiger partial charge in [0.25, 0.3) is 0 Å². The van der Waals surface area contributed by atoms with E-state index in [0.29, 0.717) is 0 Å². The fourth-order valence-electron chi connectivity index (χ4n) is 2.26. The Labute approximate surface area is 114 Å². The zero-order valence-electron chi connectivity index (χ0n) is 11.8.